The van der Waals surface area contributed by atoms with Gasteiger partial charge in [-0.3, -0.25) is 4.79 Å². The fourth-order valence-electron chi connectivity index (χ4n) is 0.616. The van der Waals surface area contributed by atoms with E-state index in [1.165, 1.54) is 0 Å². The molecule has 0 aliphatic heterocycles. The minimum Gasteiger partial charge on any atom is -0.460 e. The van der Waals surface area contributed by atoms with E-state index < -0.39 is 11.8 Å². The van der Waals surface area contributed by atoms with Crippen molar-refractivity contribution in [2.75, 3.05) is 6.61 Å². The molecule has 0 radical (unpaired) electrons. The van der Waals surface area contributed by atoms with E-state index in [9.17, 15) is 9.59 Å². The summed E-state index contributed by atoms with van der Waals surface area (Å²) in [5.74, 6) is -1.40. The van der Waals surface area contributed by atoms with Gasteiger partial charge in [0.05, 0.1) is 6.61 Å². The third kappa shape index (κ3) is 4.11. The van der Waals surface area contributed by atoms with Crippen LogP contribution in [0, 0.1) is 5.92 Å². The fourth-order valence-corrected chi connectivity index (χ4v) is 0.616. The summed E-state index contributed by atoms with van der Waals surface area (Å²) in [7, 11) is 0. The number of unbranched alkanes of at least 4 members (excludes halogenated alkanes) is 1. The lowest BCUT2D eigenvalue weighted by Gasteiger charge is -2.04. The maximum absolute atomic E-state index is 11.0. The minimum absolute atomic E-state index is 0.265. The molecular formula is C9H16O3. The highest BCUT2D eigenvalue weighted by Gasteiger charge is 2.18. The lowest BCUT2D eigenvalue weighted by Crippen LogP contribution is -2.22. The van der Waals surface area contributed by atoms with E-state index in [0.29, 0.717) is 6.61 Å². The number of Topliss-reactive ketones (excluding diaryl/α,β-unsaturated/α-hetero) is 1. The topological polar surface area (TPSA) is 43.4 Å². The van der Waals surface area contributed by atoms with Crippen LogP contribution in [0.4, 0.5) is 0 Å². The highest BCUT2D eigenvalue weighted by Crippen LogP contribution is 1.97. The molecule has 12 heavy (non-hydrogen) atoms. The fraction of sp³-hybridized carbons (Fsp3) is 0.778. The molecule has 3 heteroatoms. The largest absolute Gasteiger partial charge is 0.460 e. The predicted molar refractivity (Wildman–Crippen MR) is 45.7 cm³/mol. The molecule has 0 N–H and O–H groups in total. The highest BCUT2D eigenvalue weighted by molar-refractivity contribution is 6.34. The molecule has 0 saturated heterocycles. The van der Waals surface area contributed by atoms with Crippen molar-refractivity contribution >= 4 is 11.8 Å². The Morgan fingerprint density at radius 1 is 1.33 bits per heavy atom. The summed E-state index contributed by atoms with van der Waals surface area (Å²) in [6, 6.07) is 0. The quantitative estimate of drug-likeness (QED) is 0.359. The van der Waals surface area contributed by atoms with Crippen LogP contribution in [0.25, 0.3) is 0 Å². The Hall–Kier alpha value is -0.860. The van der Waals surface area contributed by atoms with Gasteiger partial charge in [0, 0.05) is 5.92 Å². The molecule has 0 spiro atoms. The molecule has 0 saturated carbocycles. The monoisotopic (exact) mass is 172 g/mol. The van der Waals surface area contributed by atoms with Crippen molar-refractivity contribution in [3.8, 4) is 0 Å². The van der Waals surface area contributed by atoms with Gasteiger partial charge in [0.2, 0.25) is 5.78 Å². The zero-order chi connectivity index (χ0) is 9.56. The second kappa shape index (κ2) is 5.75. The van der Waals surface area contributed by atoms with Crippen molar-refractivity contribution in [2.24, 2.45) is 5.92 Å². The van der Waals surface area contributed by atoms with Crippen molar-refractivity contribution in [3.63, 3.8) is 0 Å². The van der Waals surface area contributed by atoms with Gasteiger partial charge in [-0.1, -0.05) is 27.2 Å². The molecule has 0 aromatic heterocycles. The van der Waals surface area contributed by atoms with E-state index in [-0.39, 0.29) is 5.92 Å². The molecule has 0 aromatic rings. The first kappa shape index (κ1) is 11.1. The highest BCUT2D eigenvalue weighted by atomic mass is 16.5. The third-order valence-electron chi connectivity index (χ3n) is 1.46. The molecule has 0 bridgehead atoms. The number of carbonyl (C=O) groups excluding carboxylic acids is 2. The molecule has 0 atom stereocenters. The molecule has 70 valence electrons. The minimum atomic E-state index is -0.696. The summed E-state index contributed by atoms with van der Waals surface area (Å²) < 4.78 is 4.72. The predicted octanol–water partition coefficient (Wildman–Crippen LogP) is 1.55. The van der Waals surface area contributed by atoms with Crippen molar-refractivity contribution < 1.29 is 14.3 Å². The summed E-state index contributed by atoms with van der Waals surface area (Å²) in [5, 5.41) is 0. The van der Waals surface area contributed by atoms with E-state index in [2.05, 4.69) is 0 Å². The Kier molecular flexibility index (Phi) is 5.34. The lowest BCUT2D eigenvalue weighted by molar-refractivity contribution is -0.155. The Morgan fingerprint density at radius 2 is 1.92 bits per heavy atom. The van der Waals surface area contributed by atoms with E-state index in [1.54, 1.807) is 13.8 Å². The Labute approximate surface area is 73.1 Å². The summed E-state index contributed by atoms with van der Waals surface area (Å²) >= 11 is 0. The first-order valence-corrected chi connectivity index (χ1v) is 4.30. The molecule has 0 fully saturated rings. The number of ether oxygens (including phenoxy) is 1. The molecule has 0 aromatic carbocycles. The van der Waals surface area contributed by atoms with Gasteiger partial charge in [-0.05, 0) is 6.42 Å². The zero-order valence-corrected chi connectivity index (χ0v) is 7.92. The number of esters is 1. The standard InChI is InChI=1S/C9H16O3/c1-4-5-6-12-9(11)8(10)7(2)3/h7H,4-6H2,1-3H3. The van der Waals surface area contributed by atoms with Gasteiger partial charge in [-0.2, -0.15) is 0 Å². The van der Waals surface area contributed by atoms with Gasteiger partial charge in [-0.25, -0.2) is 4.79 Å². The molecule has 0 aliphatic rings. The Morgan fingerprint density at radius 3 is 2.33 bits per heavy atom. The van der Waals surface area contributed by atoms with Gasteiger partial charge in [0.25, 0.3) is 0 Å². The summed E-state index contributed by atoms with van der Waals surface area (Å²) in [5.41, 5.74) is 0. The molecule has 0 rings (SSSR count). The SMILES string of the molecule is CCCCOC(=O)C(=O)C(C)C. The van der Waals surface area contributed by atoms with Crippen LogP contribution in [0.15, 0.2) is 0 Å². The first-order chi connectivity index (χ1) is 5.59. The van der Waals surface area contributed by atoms with Crippen molar-refractivity contribution in [1.82, 2.24) is 0 Å². The van der Waals surface area contributed by atoms with Crippen LogP contribution in [0.1, 0.15) is 33.6 Å². The Bertz CT molecular complexity index is 161. The van der Waals surface area contributed by atoms with Crippen LogP contribution in [-0.2, 0) is 14.3 Å². The van der Waals surface area contributed by atoms with Crippen LogP contribution < -0.4 is 0 Å². The van der Waals surface area contributed by atoms with E-state index in [0.717, 1.165) is 12.8 Å². The van der Waals surface area contributed by atoms with Crippen molar-refractivity contribution in [3.05, 3.63) is 0 Å². The van der Waals surface area contributed by atoms with Crippen LogP contribution in [0.5, 0.6) is 0 Å². The van der Waals surface area contributed by atoms with E-state index >= 15 is 0 Å². The summed E-state index contributed by atoms with van der Waals surface area (Å²) in [6.45, 7) is 5.72. The number of ketones is 1. The maximum atomic E-state index is 11.0. The van der Waals surface area contributed by atoms with Crippen LogP contribution >= 0.6 is 0 Å². The van der Waals surface area contributed by atoms with Gasteiger partial charge in [0.1, 0.15) is 0 Å². The normalized spacial score (nSPS) is 10.0. The molecular weight excluding hydrogens is 156 g/mol. The first-order valence-electron chi connectivity index (χ1n) is 4.30. The van der Waals surface area contributed by atoms with Gasteiger partial charge in [0.15, 0.2) is 0 Å². The second-order valence-electron chi connectivity index (χ2n) is 3.01. The van der Waals surface area contributed by atoms with Crippen molar-refractivity contribution in [1.29, 1.82) is 0 Å². The number of carbonyl (C=O) groups is 2. The van der Waals surface area contributed by atoms with Crippen LogP contribution in [0.3, 0.4) is 0 Å². The Balaban J connectivity index is 3.65. The van der Waals surface area contributed by atoms with E-state index in [1.807, 2.05) is 6.92 Å². The van der Waals surface area contributed by atoms with Gasteiger partial charge in [-0.15, -0.1) is 0 Å². The molecule has 0 amide bonds. The third-order valence-corrected chi connectivity index (χ3v) is 1.46. The lowest BCUT2D eigenvalue weighted by atomic mass is 10.1. The molecule has 3 nitrogen and oxygen atoms in total. The average Bonchev–Trinajstić information content (AvgIpc) is 2.03. The maximum Gasteiger partial charge on any atom is 0.374 e. The van der Waals surface area contributed by atoms with Crippen LogP contribution in [0.2, 0.25) is 0 Å². The molecule has 0 aliphatic carbocycles. The summed E-state index contributed by atoms with van der Waals surface area (Å²) in [6.07, 6.45) is 1.78. The number of hydrogen-bond donors (Lipinski definition) is 0. The molecule has 0 heterocycles. The van der Waals surface area contributed by atoms with Crippen LogP contribution in [-0.4, -0.2) is 18.4 Å². The number of hydrogen-bond acceptors (Lipinski definition) is 3. The summed E-state index contributed by atoms with van der Waals surface area (Å²) in [4.78, 5) is 21.9. The zero-order valence-electron chi connectivity index (χ0n) is 7.92. The average molecular weight is 172 g/mol. The molecule has 0 unspecified atom stereocenters. The second-order valence-corrected chi connectivity index (χ2v) is 3.01. The smallest absolute Gasteiger partial charge is 0.374 e. The van der Waals surface area contributed by atoms with Gasteiger partial charge < -0.3 is 4.74 Å². The van der Waals surface area contributed by atoms with Crippen molar-refractivity contribution in [2.45, 2.75) is 33.6 Å². The number of rotatable bonds is 5. The van der Waals surface area contributed by atoms with Gasteiger partial charge >= 0.3 is 5.97 Å². The van der Waals surface area contributed by atoms with E-state index in [4.69, 9.17) is 4.74 Å².